The number of aliphatic hydroxyl groups is 1. The van der Waals surface area contributed by atoms with E-state index in [1.165, 1.54) is 11.1 Å². The second-order valence-corrected chi connectivity index (χ2v) is 14.3. The van der Waals surface area contributed by atoms with E-state index in [2.05, 4.69) is 21.8 Å². The van der Waals surface area contributed by atoms with Crippen LogP contribution >= 0.6 is 11.6 Å². The number of hydrogen-bond acceptors (Lipinski definition) is 6. The lowest BCUT2D eigenvalue weighted by Crippen LogP contribution is -2.49. The summed E-state index contributed by atoms with van der Waals surface area (Å²) in [5, 5.41) is 11.0. The molecule has 2 heterocycles. The number of anilines is 1. The molecular formula is C31H37ClN2O5S. The van der Waals surface area contributed by atoms with Gasteiger partial charge in [0.25, 0.3) is 5.91 Å². The molecule has 7 nitrogen and oxygen atoms in total. The quantitative estimate of drug-likeness (QED) is 0.458. The number of nitrogens with one attached hydrogen (secondary N) is 1. The van der Waals surface area contributed by atoms with Crippen molar-refractivity contribution in [1.82, 2.24) is 4.72 Å². The third-order valence-electron chi connectivity index (χ3n) is 9.49. The summed E-state index contributed by atoms with van der Waals surface area (Å²) in [6, 6.07) is 11.4. The van der Waals surface area contributed by atoms with Crippen molar-refractivity contribution < 1.29 is 23.1 Å². The summed E-state index contributed by atoms with van der Waals surface area (Å²) in [4.78, 5) is 15.6. The largest absolute Gasteiger partial charge is 0.490 e. The fourth-order valence-electron chi connectivity index (χ4n) is 7.13. The highest BCUT2D eigenvalue weighted by Gasteiger charge is 2.44. The number of sulfonamides is 1. The van der Waals surface area contributed by atoms with Crippen LogP contribution in [0.25, 0.3) is 0 Å². The van der Waals surface area contributed by atoms with Gasteiger partial charge in [0, 0.05) is 29.1 Å². The van der Waals surface area contributed by atoms with Crippen LogP contribution in [-0.4, -0.2) is 50.5 Å². The first-order valence-corrected chi connectivity index (χ1v) is 16.3. The van der Waals surface area contributed by atoms with Gasteiger partial charge in [-0.25, -0.2) is 13.1 Å². The molecule has 5 atom stereocenters. The van der Waals surface area contributed by atoms with Gasteiger partial charge in [0.15, 0.2) is 0 Å². The first kappa shape index (κ1) is 27.6. The lowest BCUT2D eigenvalue weighted by atomic mass is 9.68. The Hall–Kier alpha value is -2.55. The fraction of sp³-hybridized carbons (Fsp3) is 0.516. The van der Waals surface area contributed by atoms with E-state index in [0.717, 1.165) is 49.4 Å². The minimum absolute atomic E-state index is 0.135. The predicted octanol–water partition coefficient (Wildman–Crippen LogP) is 5.00. The molecule has 40 heavy (non-hydrogen) atoms. The molecule has 6 rings (SSSR count). The average Bonchev–Trinajstić information content (AvgIpc) is 3.05. The molecule has 4 aliphatic rings. The Morgan fingerprint density at radius 3 is 2.83 bits per heavy atom. The van der Waals surface area contributed by atoms with Crippen LogP contribution < -0.4 is 14.4 Å². The Morgan fingerprint density at radius 1 is 1.20 bits per heavy atom. The smallest absolute Gasteiger partial charge is 0.264 e. The second kappa shape index (κ2) is 10.7. The number of carbonyl (C=O) groups is 1. The number of rotatable bonds is 1. The maximum absolute atomic E-state index is 13.2. The highest BCUT2D eigenvalue weighted by Crippen LogP contribution is 2.46. The monoisotopic (exact) mass is 584 g/mol. The van der Waals surface area contributed by atoms with E-state index < -0.39 is 27.3 Å². The number of carbonyl (C=O) groups excluding carboxylic acids is 1. The van der Waals surface area contributed by atoms with Crippen molar-refractivity contribution >= 4 is 33.2 Å². The van der Waals surface area contributed by atoms with E-state index in [1.807, 2.05) is 6.07 Å². The highest BCUT2D eigenvalue weighted by atomic mass is 35.5. The Labute approximate surface area is 241 Å². The Bertz CT molecular complexity index is 1440. The van der Waals surface area contributed by atoms with E-state index >= 15 is 0 Å². The number of aliphatic hydroxyl groups excluding tert-OH is 1. The van der Waals surface area contributed by atoms with Gasteiger partial charge in [0.05, 0.1) is 23.6 Å². The third kappa shape index (κ3) is 5.03. The minimum Gasteiger partial charge on any atom is -0.490 e. The van der Waals surface area contributed by atoms with Crippen LogP contribution in [0.4, 0.5) is 5.69 Å². The summed E-state index contributed by atoms with van der Waals surface area (Å²) >= 11 is 6.37. The van der Waals surface area contributed by atoms with Crippen LogP contribution in [0.5, 0.6) is 5.75 Å². The summed E-state index contributed by atoms with van der Waals surface area (Å²) in [5.74, 6) is 0.456. The zero-order valence-electron chi connectivity index (χ0n) is 22.8. The zero-order chi connectivity index (χ0) is 28.1. The number of amides is 1. The number of hydrogen-bond donors (Lipinski definition) is 2. The standard InChI is InChI=1S/C31H37ClN2O5S/c1-2-24-6-3-7-28(35)25-11-8-22(25)17-34-18-31(14-4-5-20-15-23(32)10-12-26(20)31)19-39-29-13-9-21(16-27(29)34)30(36)33-40(24,37)38/h3,6,9-10,12-13,15-16,22,24-25,28,35H,2,4-5,7-8,11,14,17-19H2,1H3,(H,33,36)/b6-3+/t22-,24+,25+,28-,31-/m0/s1. The molecule has 2 aliphatic carbocycles. The van der Waals surface area contributed by atoms with E-state index in [0.29, 0.717) is 31.7 Å². The Kier molecular flexibility index (Phi) is 7.38. The van der Waals surface area contributed by atoms with Crippen molar-refractivity contribution in [2.75, 3.05) is 24.6 Å². The molecule has 214 valence electrons. The third-order valence-corrected chi connectivity index (χ3v) is 11.5. The molecule has 0 aromatic heterocycles. The molecule has 0 radical (unpaired) electrons. The Morgan fingerprint density at radius 2 is 2.05 bits per heavy atom. The van der Waals surface area contributed by atoms with Crippen LogP contribution in [0.3, 0.4) is 0 Å². The first-order chi connectivity index (χ1) is 19.2. The fourth-order valence-corrected chi connectivity index (χ4v) is 8.61. The summed E-state index contributed by atoms with van der Waals surface area (Å²) in [5.41, 5.74) is 3.34. The predicted molar refractivity (Wildman–Crippen MR) is 157 cm³/mol. The van der Waals surface area contributed by atoms with Crippen molar-refractivity contribution in [2.45, 2.75) is 68.6 Å². The topological polar surface area (TPSA) is 95.9 Å². The summed E-state index contributed by atoms with van der Waals surface area (Å²) in [6.07, 6.45) is 8.47. The van der Waals surface area contributed by atoms with E-state index in [9.17, 15) is 18.3 Å². The minimum atomic E-state index is -3.94. The van der Waals surface area contributed by atoms with Gasteiger partial charge in [0.1, 0.15) is 5.75 Å². The van der Waals surface area contributed by atoms with Crippen molar-refractivity contribution in [3.63, 3.8) is 0 Å². The molecule has 1 amide bonds. The first-order valence-electron chi connectivity index (χ1n) is 14.4. The van der Waals surface area contributed by atoms with Crippen LogP contribution in [0.1, 0.15) is 66.9 Å². The average molecular weight is 585 g/mol. The SMILES string of the molecule is CC[C@@H]1/C=C/C[C@H](O)[C@@H]2CC[C@H]2CN2C[C@@]3(CCCc4cc(Cl)ccc43)COc3ccc(cc32)C(=O)NS1(=O)=O. The second-order valence-electron chi connectivity index (χ2n) is 11.9. The van der Waals surface area contributed by atoms with Crippen molar-refractivity contribution in [2.24, 2.45) is 11.8 Å². The van der Waals surface area contributed by atoms with Gasteiger partial charge in [-0.1, -0.05) is 36.7 Å². The van der Waals surface area contributed by atoms with Crippen LogP contribution in [0.15, 0.2) is 48.6 Å². The number of nitrogens with zero attached hydrogens (tertiary/aromatic N) is 1. The van der Waals surface area contributed by atoms with Gasteiger partial charge in [-0.3, -0.25) is 4.79 Å². The molecule has 1 saturated carbocycles. The molecule has 9 heteroatoms. The number of benzene rings is 2. The van der Waals surface area contributed by atoms with E-state index in [-0.39, 0.29) is 22.8 Å². The van der Waals surface area contributed by atoms with Crippen LogP contribution in [-0.2, 0) is 21.9 Å². The molecule has 0 unspecified atom stereocenters. The lowest BCUT2D eigenvalue weighted by Gasteiger charge is -2.45. The van der Waals surface area contributed by atoms with E-state index in [1.54, 1.807) is 37.3 Å². The van der Waals surface area contributed by atoms with Crippen molar-refractivity contribution in [3.8, 4) is 5.75 Å². The number of fused-ring (bicyclic) bond motifs is 4. The molecule has 2 aromatic carbocycles. The summed E-state index contributed by atoms with van der Waals surface area (Å²) in [6.45, 7) is 3.71. The van der Waals surface area contributed by atoms with Gasteiger partial charge in [-0.05, 0) is 98.2 Å². The Balaban J connectivity index is 1.43. The molecule has 2 N–H and O–H groups in total. The molecule has 0 saturated heterocycles. The zero-order valence-corrected chi connectivity index (χ0v) is 24.4. The molecule has 1 spiro atoms. The van der Waals surface area contributed by atoms with Gasteiger partial charge < -0.3 is 14.7 Å². The maximum Gasteiger partial charge on any atom is 0.264 e. The maximum atomic E-state index is 13.2. The molecular weight excluding hydrogens is 548 g/mol. The summed E-state index contributed by atoms with van der Waals surface area (Å²) in [7, 11) is -3.94. The molecule has 2 bridgehead atoms. The molecule has 2 aromatic rings. The highest BCUT2D eigenvalue weighted by molar-refractivity contribution is 7.90. The van der Waals surface area contributed by atoms with Gasteiger partial charge in [-0.15, -0.1) is 0 Å². The van der Waals surface area contributed by atoms with Gasteiger partial charge in [-0.2, -0.15) is 0 Å². The number of aryl methyl sites for hydroxylation is 1. The van der Waals surface area contributed by atoms with Gasteiger partial charge in [0.2, 0.25) is 10.0 Å². The van der Waals surface area contributed by atoms with Crippen LogP contribution in [0, 0.1) is 11.8 Å². The van der Waals surface area contributed by atoms with Crippen molar-refractivity contribution in [3.05, 3.63) is 70.3 Å². The van der Waals surface area contributed by atoms with Crippen molar-refractivity contribution in [1.29, 1.82) is 0 Å². The van der Waals surface area contributed by atoms with Crippen LogP contribution in [0.2, 0.25) is 5.02 Å². The lowest BCUT2D eigenvalue weighted by molar-refractivity contribution is 0.0177. The number of ether oxygens (including phenoxy) is 1. The summed E-state index contributed by atoms with van der Waals surface area (Å²) < 4.78 is 35.0. The molecule has 2 aliphatic heterocycles. The normalized spacial score (nSPS) is 32.2. The number of halogens is 1. The molecule has 1 fully saturated rings. The van der Waals surface area contributed by atoms with E-state index in [4.69, 9.17) is 16.3 Å². The van der Waals surface area contributed by atoms with Gasteiger partial charge >= 0.3 is 0 Å².